The molecule has 1 aliphatic rings. The maximum atomic E-state index is 12.0. The molecule has 1 aromatic rings. The van der Waals surface area contributed by atoms with E-state index in [9.17, 15) is 4.79 Å². The number of nitrogens with two attached hydrogens (primary N) is 1. The van der Waals surface area contributed by atoms with Gasteiger partial charge < -0.3 is 16.0 Å². The van der Waals surface area contributed by atoms with E-state index in [1.807, 2.05) is 24.3 Å². The molecule has 0 bridgehead atoms. The highest BCUT2D eigenvalue weighted by molar-refractivity contribution is 5.94. The van der Waals surface area contributed by atoms with Gasteiger partial charge in [-0.15, -0.1) is 12.4 Å². The molecule has 0 aromatic heterocycles. The summed E-state index contributed by atoms with van der Waals surface area (Å²) in [7, 11) is 2.11. The van der Waals surface area contributed by atoms with Crippen molar-refractivity contribution in [2.24, 2.45) is 5.73 Å². The highest BCUT2D eigenvalue weighted by Gasteiger charge is 2.18. The third-order valence-electron chi connectivity index (χ3n) is 3.51. The molecule has 4 nitrogen and oxygen atoms in total. The fourth-order valence-corrected chi connectivity index (χ4v) is 2.21. The Morgan fingerprint density at radius 1 is 1.32 bits per heavy atom. The summed E-state index contributed by atoms with van der Waals surface area (Å²) < 4.78 is 0. The summed E-state index contributed by atoms with van der Waals surface area (Å²) in [6, 6.07) is 7.80. The van der Waals surface area contributed by atoms with Gasteiger partial charge in [0.15, 0.2) is 0 Å². The number of nitrogens with zero attached hydrogens (tertiary/aromatic N) is 1. The van der Waals surface area contributed by atoms with Gasteiger partial charge in [-0.05, 0) is 50.7 Å². The Morgan fingerprint density at radius 2 is 1.89 bits per heavy atom. The van der Waals surface area contributed by atoms with Crippen molar-refractivity contribution in [1.29, 1.82) is 0 Å². The zero-order valence-electron chi connectivity index (χ0n) is 11.3. The Balaban J connectivity index is 0.00000180. The van der Waals surface area contributed by atoms with Crippen molar-refractivity contribution >= 4 is 18.3 Å². The van der Waals surface area contributed by atoms with E-state index in [0.29, 0.717) is 18.2 Å². The van der Waals surface area contributed by atoms with Gasteiger partial charge in [-0.1, -0.05) is 12.1 Å². The molecule has 5 heteroatoms. The van der Waals surface area contributed by atoms with Crippen LogP contribution in [-0.4, -0.2) is 37.0 Å². The van der Waals surface area contributed by atoms with E-state index in [0.717, 1.165) is 31.5 Å². The minimum atomic E-state index is 0. The standard InChI is InChI=1S/C14H21N3O.ClH/c1-17-8-6-13(7-9-17)16-14(18)12-4-2-11(10-15)3-5-12;/h2-5,13H,6-10,15H2,1H3,(H,16,18);1H. The van der Waals surface area contributed by atoms with Crippen LogP contribution in [0.3, 0.4) is 0 Å². The minimum Gasteiger partial charge on any atom is -0.349 e. The normalized spacial score (nSPS) is 16.7. The van der Waals surface area contributed by atoms with Crippen LogP contribution in [0.25, 0.3) is 0 Å². The Labute approximate surface area is 120 Å². The van der Waals surface area contributed by atoms with Crippen LogP contribution in [0.15, 0.2) is 24.3 Å². The first-order chi connectivity index (χ1) is 8.69. The number of carbonyl (C=O) groups is 1. The van der Waals surface area contributed by atoms with E-state index in [1.54, 1.807) is 0 Å². The highest BCUT2D eigenvalue weighted by Crippen LogP contribution is 2.10. The molecule has 1 aliphatic heterocycles. The number of likely N-dealkylation sites (tertiary alicyclic amines) is 1. The third-order valence-corrected chi connectivity index (χ3v) is 3.51. The number of hydrogen-bond donors (Lipinski definition) is 2. The number of carbonyl (C=O) groups excluding carboxylic acids is 1. The van der Waals surface area contributed by atoms with Gasteiger partial charge in [0.05, 0.1) is 0 Å². The molecule has 1 fully saturated rings. The Kier molecular flexibility index (Phi) is 6.28. The molecule has 2 rings (SSSR count). The lowest BCUT2D eigenvalue weighted by Gasteiger charge is -2.29. The number of amides is 1. The summed E-state index contributed by atoms with van der Waals surface area (Å²) >= 11 is 0. The van der Waals surface area contributed by atoms with E-state index in [-0.39, 0.29) is 18.3 Å². The second-order valence-electron chi connectivity index (χ2n) is 4.95. The molecule has 0 saturated carbocycles. The molecule has 1 aromatic carbocycles. The van der Waals surface area contributed by atoms with E-state index in [2.05, 4.69) is 17.3 Å². The maximum Gasteiger partial charge on any atom is 0.251 e. The lowest BCUT2D eigenvalue weighted by atomic mass is 10.0. The predicted molar refractivity (Wildman–Crippen MR) is 79.6 cm³/mol. The monoisotopic (exact) mass is 283 g/mol. The summed E-state index contributed by atoms with van der Waals surface area (Å²) in [6.45, 7) is 2.62. The Bertz CT molecular complexity index is 400. The molecular weight excluding hydrogens is 262 g/mol. The topological polar surface area (TPSA) is 58.4 Å². The number of nitrogens with one attached hydrogen (secondary N) is 1. The number of halogens is 1. The fraction of sp³-hybridized carbons (Fsp3) is 0.500. The first-order valence-corrected chi connectivity index (χ1v) is 6.47. The van der Waals surface area contributed by atoms with Gasteiger partial charge in [-0.3, -0.25) is 4.79 Å². The SMILES string of the molecule is CN1CCC(NC(=O)c2ccc(CN)cc2)CC1.Cl. The molecule has 0 radical (unpaired) electrons. The zero-order valence-corrected chi connectivity index (χ0v) is 12.1. The molecule has 0 spiro atoms. The quantitative estimate of drug-likeness (QED) is 0.881. The smallest absolute Gasteiger partial charge is 0.251 e. The van der Waals surface area contributed by atoms with Crippen molar-refractivity contribution in [3.63, 3.8) is 0 Å². The summed E-state index contributed by atoms with van der Waals surface area (Å²) in [5.74, 6) is 0.0214. The molecule has 19 heavy (non-hydrogen) atoms. The van der Waals surface area contributed by atoms with Crippen LogP contribution in [0.1, 0.15) is 28.8 Å². The van der Waals surface area contributed by atoms with Crippen LogP contribution < -0.4 is 11.1 Å². The number of piperidine rings is 1. The number of benzene rings is 1. The first-order valence-electron chi connectivity index (χ1n) is 6.47. The average Bonchev–Trinajstić information content (AvgIpc) is 2.41. The lowest BCUT2D eigenvalue weighted by molar-refractivity contribution is 0.0917. The molecule has 1 saturated heterocycles. The lowest BCUT2D eigenvalue weighted by Crippen LogP contribution is -2.43. The molecule has 106 valence electrons. The van der Waals surface area contributed by atoms with E-state index in [1.165, 1.54) is 0 Å². The van der Waals surface area contributed by atoms with Crippen LogP contribution in [0.4, 0.5) is 0 Å². The molecule has 3 N–H and O–H groups in total. The van der Waals surface area contributed by atoms with Crippen molar-refractivity contribution in [1.82, 2.24) is 10.2 Å². The molecule has 1 amide bonds. The van der Waals surface area contributed by atoms with Crippen molar-refractivity contribution in [2.45, 2.75) is 25.4 Å². The minimum absolute atomic E-state index is 0. The average molecular weight is 284 g/mol. The van der Waals surface area contributed by atoms with Crippen LogP contribution >= 0.6 is 12.4 Å². The van der Waals surface area contributed by atoms with Gasteiger partial charge in [0.1, 0.15) is 0 Å². The summed E-state index contributed by atoms with van der Waals surface area (Å²) in [5, 5.41) is 3.10. The summed E-state index contributed by atoms with van der Waals surface area (Å²) in [6.07, 6.45) is 2.06. The molecule has 1 heterocycles. The van der Waals surface area contributed by atoms with Crippen LogP contribution in [0, 0.1) is 0 Å². The maximum absolute atomic E-state index is 12.0. The second kappa shape index (κ2) is 7.48. The van der Waals surface area contributed by atoms with Crippen LogP contribution in [0.5, 0.6) is 0 Å². The van der Waals surface area contributed by atoms with Gasteiger partial charge in [0.2, 0.25) is 0 Å². The largest absolute Gasteiger partial charge is 0.349 e. The number of hydrogen-bond acceptors (Lipinski definition) is 3. The Hall–Kier alpha value is -1.10. The van der Waals surface area contributed by atoms with Crippen molar-refractivity contribution in [3.8, 4) is 0 Å². The molecule has 0 atom stereocenters. The van der Waals surface area contributed by atoms with Gasteiger partial charge in [-0.2, -0.15) is 0 Å². The third kappa shape index (κ3) is 4.49. The van der Waals surface area contributed by atoms with Gasteiger partial charge in [0, 0.05) is 18.2 Å². The predicted octanol–water partition coefficient (Wildman–Crippen LogP) is 1.39. The van der Waals surface area contributed by atoms with Crippen molar-refractivity contribution in [3.05, 3.63) is 35.4 Å². The van der Waals surface area contributed by atoms with Crippen molar-refractivity contribution < 1.29 is 4.79 Å². The summed E-state index contributed by atoms with van der Waals surface area (Å²) in [4.78, 5) is 14.3. The van der Waals surface area contributed by atoms with E-state index >= 15 is 0 Å². The van der Waals surface area contributed by atoms with Crippen LogP contribution in [0.2, 0.25) is 0 Å². The fourth-order valence-electron chi connectivity index (χ4n) is 2.21. The van der Waals surface area contributed by atoms with Crippen LogP contribution in [-0.2, 0) is 6.54 Å². The highest BCUT2D eigenvalue weighted by atomic mass is 35.5. The van der Waals surface area contributed by atoms with Gasteiger partial charge in [-0.25, -0.2) is 0 Å². The summed E-state index contributed by atoms with van der Waals surface area (Å²) in [5.41, 5.74) is 7.29. The number of rotatable bonds is 3. The molecule has 0 unspecified atom stereocenters. The van der Waals surface area contributed by atoms with E-state index < -0.39 is 0 Å². The van der Waals surface area contributed by atoms with Crippen molar-refractivity contribution in [2.75, 3.05) is 20.1 Å². The molecular formula is C14H22ClN3O. The molecule has 0 aliphatic carbocycles. The van der Waals surface area contributed by atoms with Gasteiger partial charge in [0.25, 0.3) is 5.91 Å². The first kappa shape index (κ1) is 16.0. The Morgan fingerprint density at radius 3 is 2.42 bits per heavy atom. The van der Waals surface area contributed by atoms with Gasteiger partial charge >= 0.3 is 0 Å². The second-order valence-corrected chi connectivity index (χ2v) is 4.95. The zero-order chi connectivity index (χ0) is 13.0. The van der Waals surface area contributed by atoms with E-state index in [4.69, 9.17) is 5.73 Å².